The molecule has 1 atom stereocenters. The summed E-state index contributed by atoms with van der Waals surface area (Å²) >= 11 is 0. The number of fused-ring (bicyclic) bond motifs is 1. The van der Waals surface area contributed by atoms with E-state index < -0.39 is 5.41 Å². The van der Waals surface area contributed by atoms with Gasteiger partial charge in [0.1, 0.15) is 5.41 Å². The molecule has 2 aromatic carbocycles. The van der Waals surface area contributed by atoms with Crippen LogP contribution in [0.25, 0.3) is 0 Å². The Morgan fingerprint density at radius 3 is 2.25 bits per heavy atom. The van der Waals surface area contributed by atoms with Gasteiger partial charge >= 0.3 is 0 Å². The summed E-state index contributed by atoms with van der Waals surface area (Å²) in [5.74, 6) is 0.164. The number of carbonyl (C=O) groups is 1. The molecular formula is C23H30ClN3O. The fraction of sp³-hybridized carbons (Fsp3) is 0.435. The van der Waals surface area contributed by atoms with E-state index in [1.807, 2.05) is 48.4 Å². The molecular weight excluding hydrogens is 370 g/mol. The summed E-state index contributed by atoms with van der Waals surface area (Å²) in [6.45, 7) is 3.26. The minimum absolute atomic E-state index is 0. The van der Waals surface area contributed by atoms with E-state index in [4.69, 9.17) is 0 Å². The Hall–Kier alpha value is -1.88. The van der Waals surface area contributed by atoms with Gasteiger partial charge in [0.15, 0.2) is 0 Å². The number of amides is 1. The van der Waals surface area contributed by atoms with Crippen LogP contribution in [0, 0.1) is 0 Å². The normalized spacial score (nSPS) is 22.2. The number of anilines is 1. The Kier molecular flexibility index (Phi) is 6.43. The van der Waals surface area contributed by atoms with E-state index >= 15 is 0 Å². The summed E-state index contributed by atoms with van der Waals surface area (Å²) < 4.78 is 0. The first-order valence-electron chi connectivity index (χ1n) is 10.0. The molecule has 1 amide bonds. The molecule has 0 spiro atoms. The average molecular weight is 400 g/mol. The van der Waals surface area contributed by atoms with E-state index in [0.717, 1.165) is 42.9 Å². The van der Waals surface area contributed by atoms with Crippen LogP contribution in [0.15, 0.2) is 54.6 Å². The Balaban J connectivity index is 0.00000225. The highest BCUT2D eigenvalue weighted by molar-refractivity contribution is 6.09. The number of para-hydroxylation sites is 1. The van der Waals surface area contributed by atoms with Crippen LogP contribution < -0.4 is 5.01 Å². The first-order chi connectivity index (χ1) is 13.1. The number of benzene rings is 2. The second-order valence-electron chi connectivity index (χ2n) is 7.90. The summed E-state index contributed by atoms with van der Waals surface area (Å²) in [5, 5.41) is 3.76. The lowest BCUT2D eigenvalue weighted by molar-refractivity contribution is -0.124. The lowest BCUT2D eigenvalue weighted by Gasteiger charge is -2.34. The first-order valence-corrected chi connectivity index (χ1v) is 10.0. The Morgan fingerprint density at radius 2 is 1.57 bits per heavy atom. The number of hydrogen-bond acceptors (Lipinski definition) is 3. The highest BCUT2D eigenvalue weighted by atomic mass is 35.5. The van der Waals surface area contributed by atoms with Gasteiger partial charge in [0.25, 0.3) is 5.91 Å². The summed E-state index contributed by atoms with van der Waals surface area (Å²) in [4.78, 5) is 16.4. The molecule has 2 aromatic rings. The van der Waals surface area contributed by atoms with Crippen molar-refractivity contribution in [2.75, 3.05) is 38.7 Å². The number of carbonyl (C=O) groups excluding carboxylic acids is 1. The Labute approximate surface area is 174 Å². The second kappa shape index (κ2) is 8.64. The van der Waals surface area contributed by atoms with Crippen LogP contribution in [0.4, 0.5) is 5.69 Å². The van der Waals surface area contributed by atoms with Crippen molar-refractivity contribution >= 4 is 24.0 Å². The third-order valence-corrected chi connectivity index (χ3v) is 6.07. The lowest BCUT2D eigenvalue weighted by atomic mass is 9.72. The van der Waals surface area contributed by atoms with Gasteiger partial charge in [0, 0.05) is 14.1 Å². The van der Waals surface area contributed by atoms with Gasteiger partial charge in [-0.25, -0.2) is 10.0 Å². The van der Waals surface area contributed by atoms with Gasteiger partial charge in [-0.3, -0.25) is 4.79 Å². The number of rotatable bonds is 5. The van der Waals surface area contributed by atoms with Gasteiger partial charge in [0.2, 0.25) is 0 Å². The van der Waals surface area contributed by atoms with E-state index in [2.05, 4.69) is 35.2 Å². The molecule has 28 heavy (non-hydrogen) atoms. The minimum atomic E-state index is -0.612. The third-order valence-electron chi connectivity index (χ3n) is 6.07. The van der Waals surface area contributed by atoms with E-state index in [9.17, 15) is 4.79 Å². The highest BCUT2D eigenvalue weighted by Crippen LogP contribution is 2.48. The van der Waals surface area contributed by atoms with Crippen molar-refractivity contribution in [1.29, 1.82) is 0 Å². The summed E-state index contributed by atoms with van der Waals surface area (Å²) in [5.41, 5.74) is 2.63. The Bertz CT molecular complexity index is 805. The van der Waals surface area contributed by atoms with Crippen LogP contribution in [0.1, 0.15) is 36.8 Å². The zero-order chi connectivity index (χ0) is 18.9. The van der Waals surface area contributed by atoms with Crippen LogP contribution in [0.3, 0.4) is 0 Å². The van der Waals surface area contributed by atoms with Crippen molar-refractivity contribution < 1.29 is 4.79 Å². The molecule has 2 heterocycles. The molecule has 1 fully saturated rings. The predicted octanol–water partition coefficient (Wildman–Crippen LogP) is 4.09. The van der Waals surface area contributed by atoms with Crippen LogP contribution in [0.2, 0.25) is 0 Å². The SMILES string of the molecule is CN(C)N1C(=O)C(CCN2CCCCC2)(c2ccccc2)c2ccccc21.Cl. The summed E-state index contributed by atoms with van der Waals surface area (Å²) in [6, 6.07) is 18.6. The lowest BCUT2D eigenvalue weighted by Crippen LogP contribution is -2.48. The monoisotopic (exact) mass is 399 g/mol. The molecule has 2 aliphatic heterocycles. The fourth-order valence-corrected chi connectivity index (χ4v) is 4.72. The minimum Gasteiger partial charge on any atom is -0.303 e. The fourth-order valence-electron chi connectivity index (χ4n) is 4.72. The molecule has 2 aliphatic rings. The number of likely N-dealkylation sites (tertiary alicyclic amines) is 1. The zero-order valence-electron chi connectivity index (χ0n) is 16.8. The van der Waals surface area contributed by atoms with Crippen molar-refractivity contribution in [2.45, 2.75) is 31.1 Å². The summed E-state index contributed by atoms with van der Waals surface area (Å²) in [6.07, 6.45) is 4.69. The Morgan fingerprint density at radius 1 is 0.929 bits per heavy atom. The van der Waals surface area contributed by atoms with Crippen LogP contribution in [0.5, 0.6) is 0 Å². The van der Waals surface area contributed by atoms with Gasteiger partial charge in [-0.05, 0) is 56.1 Å². The van der Waals surface area contributed by atoms with E-state index in [1.54, 1.807) is 0 Å². The molecule has 4 rings (SSSR count). The first kappa shape index (κ1) is 20.8. The molecule has 4 nitrogen and oxygen atoms in total. The molecule has 1 saturated heterocycles. The van der Waals surface area contributed by atoms with Crippen molar-refractivity contribution in [3.05, 3.63) is 65.7 Å². The van der Waals surface area contributed by atoms with Crippen LogP contribution in [-0.4, -0.2) is 49.5 Å². The van der Waals surface area contributed by atoms with E-state index in [-0.39, 0.29) is 18.3 Å². The highest BCUT2D eigenvalue weighted by Gasteiger charge is 2.52. The molecule has 5 heteroatoms. The zero-order valence-corrected chi connectivity index (χ0v) is 17.6. The van der Waals surface area contributed by atoms with Crippen molar-refractivity contribution in [1.82, 2.24) is 9.91 Å². The van der Waals surface area contributed by atoms with Gasteiger partial charge in [-0.1, -0.05) is 55.0 Å². The average Bonchev–Trinajstić information content (AvgIpc) is 2.97. The van der Waals surface area contributed by atoms with E-state index in [1.165, 1.54) is 19.3 Å². The number of piperidine rings is 1. The van der Waals surface area contributed by atoms with Gasteiger partial charge in [-0.15, -0.1) is 12.4 Å². The maximum Gasteiger partial charge on any atom is 0.256 e. The summed E-state index contributed by atoms with van der Waals surface area (Å²) in [7, 11) is 3.89. The maximum atomic E-state index is 13.9. The number of nitrogens with zero attached hydrogens (tertiary/aromatic N) is 3. The predicted molar refractivity (Wildman–Crippen MR) is 117 cm³/mol. The molecule has 1 unspecified atom stereocenters. The largest absolute Gasteiger partial charge is 0.303 e. The molecule has 0 bridgehead atoms. The van der Waals surface area contributed by atoms with Crippen LogP contribution >= 0.6 is 12.4 Å². The molecule has 0 radical (unpaired) electrons. The van der Waals surface area contributed by atoms with E-state index in [0.29, 0.717) is 0 Å². The molecule has 0 aliphatic carbocycles. The number of hydrogen-bond donors (Lipinski definition) is 0. The smallest absolute Gasteiger partial charge is 0.256 e. The molecule has 0 aromatic heterocycles. The van der Waals surface area contributed by atoms with Crippen molar-refractivity contribution in [3.8, 4) is 0 Å². The quantitative estimate of drug-likeness (QED) is 0.757. The maximum absolute atomic E-state index is 13.9. The standard InChI is InChI=1S/C23H29N3O.ClH/c1-24(2)26-21-14-8-7-13-20(21)23(22(26)27,19-11-5-3-6-12-19)15-18-25-16-9-4-10-17-25;/h3,5-8,11-14H,4,9-10,15-18H2,1-2H3;1H. The molecule has 150 valence electrons. The molecule has 0 N–H and O–H groups in total. The number of halogens is 1. The van der Waals surface area contributed by atoms with Crippen LogP contribution in [-0.2, 0) is 10.2 Å². The van der Waals surface area contributed by atoms with Crippen molar-refractivity contribution in [3.63, 3.8) is 0 Å². The van der Waals surface area contributed by atoms with Gasteiger partial charge < -0.3 is 4.90 Å². The van der Waals surface area contributed by atoms with Gasteiger partial charge in [-0.2, -0.15) is 0 Å². The topological polar surface area (TPSA) is 26.8 Å². The number of hydrazine groups is 1. The second-order valence-corrected chi connectivity index (χ2v) is 7.90. The van der Waals surface area contributed by atoms with Gasteiger partial charge in [0.05, 0.1) is 5.69 Å². The third kappa shape index (κ3) is 3.45. The molecule has 0 saturated carbocycles. The van der Waals surface area contributed by atoms with Crippen molar-refractivity contribution in [2.24, 2.45) is 0 Å².